The Balaban J connectivity index is -0.0000000450. The summed E-state index contributed by atoms with van der Waals surface area (Å²) in [5.41, 5.74) is 0. The number of rotatable bonds is 0. The van der Waals surface area contributed by atoms with Crippen LogP contribution in [0.5, 0.6) is 0 Å². The third kappa shape index (κ3) is 1780. The van der Waals surface area contributed by atoms with Gasteiger partial charge in [0, 0.05) is 0 Å². The van der Waals surface area contributed by atoms with E-state index in [1.807, 2.05) is 0 Å². The molecule has 0 aromatic rings. The van der Waals surface area contributed by atoms with Gasteiger partial charge in [-0.25, -0.2) is 0 Å². The summed E-state index contributed by atoms with van der Waals surface area (Å²) in [6.07, 6.45) is -2.33. The van der Waals surface area contributed by atoms with E-state index < -0.39 is 6.16 Å². The molecular formula is CH3O4Pb-2. The molecule has 3 radical (unpaired) electrons. The van der Waals surface area contributed by atoms with Crippen LogP contribution in [-0.4, -0.2) is 38.9 Å². The van der Waals surface area contributed by atoms with Gasteiger partial charge in [0.2, 0.25) is 0 Å². The van der Waals surface area contributed by atoms with Crippen molar-refractivity contribution in [2.75, 3.05) is 0 Å². The van der Waals surface area contributed by atoms with E-state index in [9.17, 15) is 0 Å². The number of carbonyl (C=O) groups is 1. The van der Waals surface area contributed by atoms with Crippen molar-refractivity contribution in [2.24, 2.45) is 0 Å². The van der Waals surface area contributed by atoms with E-state index in [1.54, 1.807) is 0 Å². The standard InChI is InChI=1S/CH2O3.H2O.Pb.H/c2-1(3)4;;;/h(H2,2,3,4);1H2;;/p-2. The fraction of sp³-hybridized carbons (Fsp3) is 0. The van der Waals surface area contributed by atoms with Crippen LogP contribution in [-0.2, 0) is 0 Å². The average Bonchev–Trinajstić information content (AvgIpc) is 0.811. The molecule has 0 amide bonds. The van der Waals surface area contributed by atoms with Gasteiger partial charge in [0.1, 0.15) is 0 Å². The van der Waals surface area contributed by atoms with Crippen molar-refractivity contribution < 1.29 is 20.5 Å². The summed E-state index contributed by atoms with van der Waals surface area (Å²) in [7, 11) is 0. The summed E-state index contributed by atoms with van der Waals surface area (Å²) in [4.78, 5) is 8.33. The van der Waals surface area contributed by atoms with Gasteiger partial charge >= 0.3 is 27.3 Å². The minimum absolute atomic E-state index is 0. The third-order valence-corrected chi connectivity index (χ3v) is 0. The molecule has 0 unspecified atom stereocenters. The molecule has 6 heavy (non-hydrogen) atoms. The molecule has 37 valence electrons. The second-order valence-electron chi connectivity index (χ2n) is 0.250. The van der Waals surface area contributed by atoms with Crippen molar-refractivity contribution in [3.05, 3.63) is 0 Å². The number of carbonyl (C=O) groups excluding carboxylic acids is 1. The predicted octanol–water partition coefficient (Wildman–Crippen LogP) is -3.92. The molecule has 0 fully saturated rings. The Morgan fingerprint density at radius 3 is 1.33 bits per heavy atom. The summed E-state index contributed by atoms with van der Waals surface area (Å²) in [5, 5.41) is 16.7. The van der Waals surface area contributed by atoms with Gasteiger partial charge in [0.25, 0.3) is 0 Å². The van der Waals surface area contributed by atoms with Crippen LogP contribution in [0.15, 0.2) is 0 Å². The molecule has 0 aromatic carbocycles. The normalized spacial score (nSPS) is 4.00. The van der Waals surface area contributed by atoms with Gasteiger partial charge < -0.3 is 20.5 Å². The molecule has 0 saturated heterocycles. The van der Waals surface area contributed by atoms with Gasteiger partial charge in [-0.3, -0.25) is 0 Å². The molecule has 0 spiro atoms. The van der Waals surface area contributed by atoms with E-state index in [1.165, 1.54) is 0 Å². The zero-order valence-electron chi connectivity index (χ0n) is 2.80. The Morgan fingerprint density at radius 2 is 1.33 bits per heavy atom. The molecule has 0 aromatic heterocycles. The molecule has 0 saturated carbocycles. The molecule has 0 aliphatic rings. The Bertz CT molecular complexity index is 30.5. The first-order chi connectivity index (χ1) is 1.73. The fourth-order valence-electron chi connectivity index (χ4n) is 0. The first-order valence-electron chi connectivity index (χ1n) is 0.612. The zero-order chi connectivity index (χ0) is 3.58. The fourth-order valence-corrected chi connectivity index (χ4v) is 0. The predicted molar refractivity (Wildman–Crippen MR) is 16.2 cm³/mol. The van der Waals surface area contributed by atoms with Crippen LogP contribution in [0.4, 0.5) is 4.79 Å². The molecule has 0 bridgehead atoms. The Hall–Kier alpha value is 0.152. The zero-order valence-corrected chi connectivity index (χ0v) is 7.29. The summed E-state index contributed by atoms with van der Waals surface area (Å²) in [6.45, 7) is 0. The van der Waals surface area contributed by atoms with Crippen molar-refractivity contribution in [2.45, 2.75) is 0 Å². The van der Waals surface area contributed by atoms with Crippen LogP contribution in [0.3, 0.4) is 0 Å². The van der Waals surface area contributed by atoms with Crippen LogP contribution >= 0.6 is 0 Å². The van der Waals surface area contributed by atoms with Gasteiger partial charge in [-0.1, -0.05) is 0 Å². The maximum atomic E-state index is 8.33. The van der Waals surface area contributed by atoms with Crippen LogP contribution in [0.2, 0.25) is 0 Å². The Labute approximate surface area is 54.3 Å². The molecule has 0 heterocycles. The van der Waals surface area contributed by atoms with Gasteiger partial charge in [-0.2, -0.15) is 0 Å². The molecule has 4 nitrogen and oxygen atoms in total. The summed E-state index contributed by atoms with van der Waals surface area (Å²) >= 11 is 0. The van der Waals surface area contributed by atoms with Crippen LogP contribution in [0.25, 0.3) is 0 Å². The van der Waals surface area contributed by atoms with Gasteiger partial charge in [-0.15, -0.1) is 0 Å². The van der Waals surface area contributed by atoms with Gasteiger partial charge in [0.15, 0.2) is 0 Å². The molecule has 5 heteroatoms. The van der Waals surface area contributed by atoms with E-state index in [2.05, 4.69) is 0 Å². The molecule has 0 atom stereocenters. The van der Waals surface area contributed by atoms with Crippen LogP contribution in [0, 0.1) is 0 Å². The molecule has 0 aliphatic heterocycles. The molecule has 0 aliphatic carbocycles. The Morgan fingerprint density at radius 1 is 1.33 bits per heavy atom. The first-order valence-corrected chi connectivity index (χ1v) is 0.612. The van der Waals surface area contributed by atoms with Gasteiger partial charge in [-0.05, 0) is 6.16 Å². The quantitative estimate of drug-likeness (QED) is 0.426. The van der Waals surface area contributed by atoms with Crippen LogP contribution in [0.1, 0.15) is 0 Å². The molecule has 2 N–H and O–H groups in total. The molecular weight excluding hydrogens is 283 g/mol. The van der Waals surface area contributed by atoms with E-state index in [0.29, 0.717) is 0 Å². The SMILES string of the molecule is O.O=C([O-])[O-].[PbH]. The van der Waals surface area contributed by atoms with Crippen LogP contribution < -0.4 is 10.2 Å². The average molecular weight is 286 g/mol. The van der Waals surface area contributed by atoms with Crippen molar-refractivity contribution >= 4 is 33.5 Å². The topological polar surface area (TPSA) is 94.7 Å². The second-order valence-corrected chi connectivity index (χ2v) is 0.250. The first kappa shape index (κ1) is 16.4. The number of hydrogen-bond donors (Lipinski definition) is 0. The van der Waals surface area contributed by atoms with Crippen molar-refractivity contribution in [1.29, 1.82) is 0 Å². The summed E-state index contributed by atoms with van der Waals surface area (Å²) in [6, 6.07) is 0. The number of hydrogen-bond acceptors (Lipinski definition) is 3. The van der Waals surface area contributed by atoms with E-state index in [-0.39, 0.29) is 32.8 Å². The van der Waals surface area contributed by atoms with Gasteiger partial charge in [0.05, 0.1) is 0 Å². The third-order valence-electron chi connectivity index (χ3n) is 0. The van der Waals surface area contributed by atoms with E-state index in [4.69, 9.17) is 15.0 Å². The van der Waals surface area contributed by atoms with E-state index >= 15 is 0 Å². The minimum atomic E-state index is -2.33. The monoisotopic (exact) mass is 287 g/mol. The maximum absolute atomic E-state index is 8.33. The van der Waals surface area contributed by atoms with Crippen molar-refractivity contribution in [1.82, 2.24) is 0 Å². The van der Waals surface area contributed by atoms with E-state index in [0.717, 1.165) is 0 Å². The summed E-state index contributed by atoms with van der Waals surface area (Å²) in [5.74, 6) is 0. The number of carboxylic acid groups (broad SMARTS) is 2. The second kappa shape index (κ2) is 8.94. The molecule has 0 rings (SSSR count). The Kier molecular flexibility index (Phi) is 24.5. The van der Waals surface area contributed by atoms with Crippen molar-refractivity contribution in [3.63, 3.8) is 0 Å². The van der Waals surface area contributed by atoms with Crippen molar-refractivity contribution in [3.8, 4) is 0 Å². The summed E-state index contributed by atoms with van der Waals surface area (Å²) < 4.78 is 0.